The van der Waals surface area contributed by atoms with E-state index in [1.807, 2.05) is 0 Å². The molecule has 0 unspecified atom stereocenters. The number of piperidine rings is 1. The van der Waals surface area contributed by atoms with Crippen LogP contribution < -0.4 is 0 Å². The van der Waals surface area contributed by atoms with Crippen molar-refractivity contribution in [2.75, 3.05) is 39.3 Å². The standard InChI is InChI=1S/C22H34N2O/c1-19-17-24(14-10-21-7-8-21)18-22(25-19)11-15-23(16-12-22)13-9-20-5-3-2-4-6-20/h2-6,19,21H,7-18H2,1H3/t19-/m0/s1. The van der Waals surface area contributed by atoms with Gasteiger partial charge < -0.3 is 9.64 Å². The Labute approximate surface area is 153 Å². The molecule has 0 bridgehead atoms. The van der Waals surface area contributed by atoms with E-state index in [9.17, 15) is 0 Å². The first-order valence-corrected chi connectivity index (χ1v) is 10.4. The Kier molecular flexibility index (Phi) is 5.44. The molecule has 1 aromatic rings. The lowest BCUT2D eigenvalue weighted by Gasteiger charge is -2.49. The Bertz CT molecular complexity index is 534. The number of rotatable bonds is 6. The summed E-state index contributed by atoms with van der Waals surface area (Å²) in [6, 6.07) is 10.9. The summed E-state index contributed by atoms with van der Waals surface area (Å²) in [6.07, 6.45) is 8.31. The highest BCUT2D eigenvalue weighted by molar-refractivity contribution is 5.15. The monoisotopic (exact) mass is 342 g/mol. The molecule has 3 heteroatoms. The molecular weight excluding hydrogens is 308 g/mol. The normalized spacial score (nSPS) is 27.6. The summed E-state index contributed by atoms with van der Waals surface area (Å²) >= 11 is 0. The van der Waals surface area contributed by atoms with Crippen molar-refractivity contribution in [1.82, 2.24) is 9.80 Å². The van der Waals surface area contributed by atoms with E-state index in [2.05, 4.69) is 47.1 Å². The minimum atomic E-state index is 0.129. The number of hydrogen-bond donors (Lipinski definition) is 0. The van der Waals surface area contributed by atoms with Crippen LogP contribution in [0.4, 0.5) is 0 Å². The van der Waals surface area contributed by atoms with Crippen molar-refractivity contribution in [3.05, 3.63) is 35.9 Å². The van der Waals surface area contributed by atoms with Crippen LogP contribution in [0.15, 0.2) is 30.3 Å². The highest BCUT2D eigenvalue weighted by atomic mass is 16.5. The maximum atomic E-state index is 6.51. The molecule has 25 heavy (non-hydrogen) atoms. The van der Waals surface area contributed by atoms with E-state index in [4.69, 9.17) is 4.74 Å². The average molecular weight is 343 g/mol. The number of morpholine rings is 1. The third-order valence-electron chi connectivity index (χ3n) is 6.36. The topological polar surface area (TPSA) is 15.7 Å². The van der Waals surface area contributed by atoms with Crippen molar-refractivity contribution in [1.29, 1.82) is 0 Å². The van der Waals surface area contributed by atoms with Crippen molar-refractivity contribution < 1.29 is 4.74 Å². The Morgan fingerprint density at radius 1 is 1.04 bits per heavy atom. The van der Waals surface area contributed by atoms with Gasteiger partial charge in [0.05, 0.1) is 11.7 Å². The van der Waals surface area contributed by atoms with Crippen molar-refractivity contribution in [3.63, 3.8) is 0 Å². The first-order valence-electron chi connectivity index (χ1n) is 10.4. The molecule has 1 saturated carbocycles. The molecular formula is C22H34N2O. The van der Waals surface area contributed by atoms with Crippen molar-refractivity contribution >= 4 is 0 Å². The second-order valence-electron chi connectivity index (χ2n) is 8.66. The van der Waals surface area contributed by atoms with Crippen LogP contribution in [0.3, 0.4) is 0 Å². The van der Waals surface area contributed by atoms with E-state index in [0.717, 1.165) is 19.0 Å². The maximum absolute atomic E-state index is 6.51. The van der Waals surface area contributed by atoms with Crippen LogP contribution >= 0.6 is 0 Å². The summed E-state index contributed by atoms with van der Waals surface area (Å²) in [5, 5.41) is 0. The van der Waals surface area contributed by atoms with E-state index in [1.165, 1.54) is 70.3 Å². The van der Waals surface area contributed by atoms with Gasteiger partial charge in [-0.1, -0.05) is 43.2 Å². The lowest BCUT2D eigenvalue weighted by molar-refractivity contribution is -0.170. The molecule has 2 heterocycles. The summed E-state index contributed by atoms with van der Waals surface area (Å²) in [5.41, 5.74) is 1.58. The first-order chi connectivity index (χ1) is 12.2. The summed E-state index contributed by atoms with van der Waals surface area (Å²) in [7, 11) is 0. The lowest BCUT2D eigenvalue weighted by atomic mass is 9.88. The molecule has 0 N–H and O–H groups in total. The maximum Gasteiger partial charge on any atom is 0.0837 e. The smallest absolute Gasteiger partial charge is 0.0837 e. The molecule has 0 amide bonds. The second-order valence-corrected chi connectivity index (χ2v) is 8.66. The third kappa shape index (κ3) is 4.84. The Balaban J connectivity index is 1.25. The predicted octanol–water partition coefficient (Wildman–Crippen LogP) is 3.58. The zero-order chi connectivity index (χ0) is 17.1. The molecule has 3 aliphatic rings. The third-order valence-corrected chi connectivity index (χ3v) is 6.36. The highest BCUT2D eigenvalue weighted by Crippen LogP contribution is 2.35. The van der Waals surface area contributed by atoms with Crippen LogP contribution in [0.5, 0.6) is 0 Å². The molecule has 1 spiro atoms. The quantitative estimate of drug-likeness (QED) is 0.786. The molecule has 0 aromatic heterocycles. The average Bonchev–Trinajstić information content (AvgIpc) is 3.44. The van der Waals surface area contributed by atoms with E-state index in [1.54, 1.807) is 0 Å². The predicted molar refractivity (Wildman–Crippen MR) is 103 cm³/mol. The molecule has 3 fully saturated rings. The fraction of sp³-hybridized carbons (Fsp3) is 0.727. The Morgan fingerprint density at radius 2 is 1.80 bits per heavy atom. The number of nitrogens with zero attached hydrogens (tertiary/aromatic N) is 2. The van der Waals surface area contributed by atoms with E-state index in [-0.39, 0.29) is 5.60 Å². The van der Waals surface area contributed by atoms with E-state index >= 15 is 0 Å². The molecule has 1 aromatic carbocycles. The van der Waals surface area contributed by atoms with Gasteiger partial charge in [0.25, 0.3) is 0 Å². The SMILES string of the molecule is C[C@H]1CN(CCC2CC2)CC2(CCN(CCc3ccccc3)CC2)O1. The fourth-order valence-corrected chi connectivity index (χ4v) is 4.67. The largest absolute Gasteiger partial charge is 0.369 e. The van der Waals surface area contributed by atoms with Gasteiger partial charge in [-0.15, -0.1) is 0 Å². The minimum Gasteiger partial charge on any atom is -0.369 e. The second kappa shape index (κ2) is 7.77. The molecule has 1 aliphatic carbocycles. The lowest BCUT2D eigenvalue weighted by Crippen LogP contribution is -2.59. The molecule has 1 atom stereocenters. The van der Waals surface area contributed by atoms with Crippen LogP contribution in [0, 0.1) is 5.92 Å². The fourth-order valence-electron chi connectivity index (χ4n) is 4.67. The van der Waals surface area contributed by atoms with Gasteiger partial charge in [0.1, 0.15) is 0 Å². The molecule has 4 rings (SSSR count). The van der Waals surface area contributed by atoms with Crippen molar-refractivity contribution in [3.8, 4) is 0 Å². The van der Waals surface area contributed by atoms with Gasteiger partial charge in [-0.3, -0.25) is 4.90 Å². The first kappa shape index (κ1) is 17.5. The van der Waals surface area contributed by atoms with Crippen molar-refractivity contribution in [2.45, 2.75) is 57.2 Å². The van der Waals surface area contributed by atoms with Crippen LogP contribution in [0.2, 0.25) is 0 Å². The van der Waals surface area contributed by atoms with Gasteiger partial charge in [0, 0.05) is 32.7 Å². The van der Waals surface area contributed by atoms with Gasteiger partial charge in [-0.05, 0) is 50.6 Å². The number of benzene rings is 1. The highest BCUT2D eigenvalue weighted by Gasteiger charge is 2.41. The van der Waals surface area contributed by atoms with Gasteiger partial charge >= 0.3 is 0 Å². The minimum absolute atomic E-state index is 0.129. The molecule has 2 saturated heterocycles. The zero-order valence-electron chi connectivity index (χ0n) is 15.8. The van der Waals surface area contributed by atoms with Gasteiger partial charge in [-0.25, -0.2) is 0 Å². The molecule has 2 aliphatic heterocycles. The number of hydrogen-bond acceptors (Lipinski definition) is 3. The van der Waals surface area contributed by atoms with Crippen molar-refractivity contribution in [2.24, 2.45) is 5.92 Å². The Hall–Kier alpha value is -0.900. The Morgan fingerprint density at radius 3 is 2.52 bits per heavy atom. The van der Waals surface area contributed by atoms with E-state index in [0.29, 0.717) is 6.10 Å². The van der Waals surface area contributed by atoms with Crippen LogP contribution in [0.25, 0.3) is 0 Å². The molecule has 0 radical (unpaired) electrons. The van der Waals surface area contributed by atoms with Gasteiger partial charge in [-0.2, -0.15) is 0 Å². The summed E-state index contributed by atoms with van der Waals surface area (Å²) < 4.78 is 6.51. The van der Waals surface area contributed by atoms with Gasteiger partial charge in [0.2, 0.25) is 0 Å². The van der Waals surface area contributed by atoms with Crippen LogP contribution in [-0.2, 0) is 11.2 Å². The summed E-state index contributed by atoms with van der Waals surface area (Å²) in [5.74, 6) is 1.04. The van der Waals surface area contributed by atoms with Crippen LogP contribution in [0.1, 0.15) is 44.6 Å². The summed E-state index contributed by atoms with van der Waals surface area (Å²) in [6.45, 7) is 9.42. The molecule has 3 nitrogen and oxygen atoms in total. The summed E-state index contributed by atoms with van der Waals surface area (Å²) in [4.78, 5) is 5.33. The molecule has 138 valence electrons. The van der Waals surface area contributed by atoms with E-state index < -0.39 is 0 Å². The zero-order valence-corrected chi connectivity index (χ0v) is 15.8. The number of ether oxygens (including phenoxy) is 1. The van der Waals surface area contributed by atoms with Gasteiger partial charge in [0.15, 0.2) is 0 Å². The van der Waals surface area contributed by atoms with Crippen LogP contribution in [-0.4, -0.2) is 60.8 Å². The number of likely N-dealkylation sites (tertiary alicyclic amines) is 1.